The fourth-order valence-corrected chi connectivity index (χ4v) is 3.46. The summed E-state index contributed by atoms with van der Waals surface area (Å²) < 4.78 is 0. The molecule has 0 aliphatic carbocycles. The van der Waals surface area contributed by atoms with Crippen molar-refractivity contribution >= 4 is 17.8 Å². The minimum Gasteiger partial charge on any atom is -0.339 e. The smallest absolute Gasteiger partial charge is 0.319 e. The molecule has 8 nitrogen and oxygen atoms in total. The molecule has 26 heavy (non-hydrogen) atoms. The normalized spacial score (nSPS) is 20.5. The number of rotatable bonds is 3. The van der Waals surface area contributed by atoms with Gasteiger partial charge in [-0.2, -0.15) is 0 Å². The van der Waals surface area contributed by atoms with E-state index in [0.717, 1.165) is 5.56 Å². The van der Waals surface area contributed by atoms with Crippen molar-refractivity contribution in [2.45, 2.75) is 13.0 Å². The van der Waals surface area contributed by atoms with Gasteiger partial charge in [-0.1, -0.05) is 6.07 Å². The van der Waals surface area contributed by atoms with Crippen LogP contribution in [0.4, 0.5) is 4.79 Å². The van der Waals surface area contributed by atoms with Gasteiger partial charge in [0.25, 0.3) is 0 Å². The molecular formula is C18H25N5O3. The van der Waals surface area contributed by atoms with Gasteiger partial charge in [0.2, 0.25) is 11.8 Å². The minimum atomic E-state index is -0.296. The third-order valence-electron chi connectivity index (χ3n) is 4.90. The number of urea groups is 1. The van der Waals surface area contributed by atoms with Gasteiger partial charge in [-0.3, -0.25) is 14.6 Å². The largest absolute Gasteiger partial charge is 0.339 e. The van der Waals surface area contributed by atoms with Gasteiger partial charge in [0.15, 0.2) is 0 Å². The van der Waals surface area contributed by atoms with Gasteiger partial charge in [0.1, 0.15) is 0 Å². The van der Waals surface area contributed by atoms with Crippen LogP contribution >= 0.6 is 0 Å². The Morgan fingerprint density at radius 2 is 1.88 bits per heavy atom. The predicted octanol–water partition coefficient (Wildman–Crippen LogP) is 0.256. The van der Waals surface area contributed by atoms with E-state index in [2.05, 4.69) is 4.98 Å². The van der Waals surface area contributed by atoms with E-state index in [-0.39, 0.29) is 30.2 Å². The summed E-state index contributed by atoms with van der Waals surface area (Å²) in [6.45, 7) is 3.04. The van der Waals surface area contributed by atoms with Crippen molar-refractivity contribution in [2.75, 3.05) is 46.8 Å². The van der Waals surface area contributed by atoms with E-state index >= 15 is 0 Å². The van der Waals surface area contributed by atoms with Crippen molar-refractivity contribution in [1.29, 1.82) is 0 Å². The van der Waals surface area contributed by atoms with Crippen LogP contribution in [0.1, 0.15) is 12.0 Å². The van der Waals surface area contributed by atoms with Crippen LogP contribution in [0.3, 0.4) is 0 Å². The average molecular weight is 359 g/mol. The number of nitrogens with zero attached hydrogens (tertiary/aromatic N) is 5. The van der Waals surface area contributed by atoms with Crippen molar-refractivity contribution in [3.63, 3.8) is 0 Å². The summed E-state index contributed by atoms with van der Waals surface area (Å²) in [5, 5.41) is 0. The van der Waals surface area contributed by atoms with E-state index in [9.17, 15) is 14.4 Å². The van der Waals surface area contributed by atoms with E-state index in [1.165, 1.54) is 0 Å². The molecule has 2 aliphatic rings. The average Bonchev–Trinajstić information content (AvgIpc) is 3.02. The lowest BCUT2D eigenvalue weighted by Gasteiger charge is -2.36. The molecule has 0 N–H and O–H groups in total. The molecule has 0 bridgehead atoms. The Balaban J connectivity index is 1.53. The zero-order valence-electron chi connectivity index (χ0n) is 15.3. The summed E-state index contributed by atoms with van der Waals surface area (Å²) >= 11 is 0. The number of pyridine rings is 1. The summed E-state index contributed by atoms with van der Waals surface area (Å²) in [6.07, 6.45) is 3.70. The Morgan fingerprint density at radius 1 is 1.19 bits per heavy atom. The molecule has 0 aromatic carbocycles. The highest BCUT2D eigenvalue weighted by molar-refractivity contribution is 5.89. The van der Waals surface area contributed by atoms with Crippen molar-refractivity contribution < 1.29 is 14.4 Å². The van der Waals surface area contributed by atoms with Gasteiger partial charge in [-0.25, -0.2) is 4.79 Å². The SMILES string of the molecule is CN(C)C(=O)N1CCN(C(=O)[C@H]2CC(=O)N(Cc3cccnc3)C2)CC1. The minimum absolute atomic E-state index is 0.00799. The first-order valence-corrected chi connectivity index (χ1v) is 8.87. The van der Waals surface area contributed by atoms with Crippen molar-refractivity contribution in [3.05, 3.63) is 30.1 Å². The molecule has 140 valence electrons. The zero-order valence-corrected chi connectivity index (χ0v) is 15.3. The van der Waals surface area contributed by atoms with Crippen molar-refractivity contribution in [3.8, 4) is 0 Å². The van der Waals surface area contributed by atoms with Crippen LogP contribution in [-0.4, -0.2) is 89.2 Å². The second-order valence-electron chi connectivity index (χ2n) is 7.03. The maximum Gasteiger partial charge on any atom is 0.319 e. The summed E-state index contributed by atoms with van der Waals surface area (Å²) in [7, 11) is 3.45. The molecule has 0 radical (unpaired) electrons. The van der Waals surface area contributed by atoms with Gasteiger partial charge in [0, 0.05) is 72.2 Å². The van der Waals surface area contributed by atoms with Crippen LogP contribution in [-0.2, 0) is 16.1 Å². The first kappa shape index (κ1) is 18.2. The van der Waals surface area contributed by atoms with Gasteiger partial charge in [0.05, 0.1) is 5.92 Å². The lowest BCUT2D eigenvalue weighted by atomic mass is 10.1. The molecule has 0 spiro atoms. The number of hydrogen-bond donors (Lipinski definition) is 0. The van der Waals surface area contributed by atoms with Crippen LogP contribution in [0.5, 0.6) is 0 Å². The van der Waals surface area contributed by atoms with Crippen LogP contribution in [0.15, 0.2) is 24.5 Å². The third-order valence-corrected chi connectivity index (χ3v) is 4.90. The molecule has 4 amide bonds. The molecule has 2 aliphatic heterocycles. The summed E-state index contributed by atoms with van der Waals surface area (Å²) in [5.41, 5.74) is 0.963. The number of amides is 4. The molecular weight excluding hydrogens is 334 g/mol. The first-order valence-electron chi connectivity index (χ1n) is 8.87. The highest BCUT2D eigenvalue weighted by Crippen LogP contribution is 2.22. The summed E-state index contributed by atoms with van der Waals surface area (Å²) in [6, 6.07) is 3.74. The lowest BCUT2D eigenvalue weighted by molar-refractivity contribution is -0.137. The fraction of sp³-hybridized carbons (Fsp3) is 0.556. The predicted molar refractivity (Wildman–Crippen MR) is 95.0 cm³/mol. The topological polar surface area (TPSA) is 77.1 Å². The number of carbonyl (C=O) groups excluding carboxylic acids is 3. The molecule has 2 saturated heterocycles. The molecule has 1 aromatic heterocycles. The van der Waals surface area contributed by atoms with Gasteiger partial charge in [-0.05, 0) is 11.6 Å². The molecule has 3 rings (SSSR count). The standard InChI is InChI=1S/C18H25N5O3/c1-20(2)18(26)22-8-6-21(7-9-22)17(25)15-10-16(24)23(13-15)12-14-4-3-5-19-11-14/h3-5,11,15H,6-10,12-13H2,1-2H3/t15-/m0/s1. The van der Waals surface area contributed by atoms with E-state index in [1.54, 1.807) is 46.1 Å². The highest BCUT2D eigenvalue weighted by atomic mass is 16.2. The van der Waals surface area contributed by atoms with E-state index in [1.807, 2.05) is 12.1 Å². The van der Waals surface area contributed by atoms with E-state index < -0.39 is 0 Å². The number of piperazine rings is 1. The van der Waals surface area contributed by atoms with Crippen molar-refractivity contribution in [2.24, 2.45) is 5.92 Å². The monoisotopic (exact) mass is 359 g/mol. The zero-order chi connectivity index (χ0) is 18.7. The third kappa shape index (κ3) is 3.95. The van der Waals surface area contributed by atoms with E-state index in [4.69, 9.17) is 0 Å². The number of carbonyl (C=O) groups is 3. The summed E-state index contributed by atoms with van der Waals surface area (Å²) in [5.74, 6) is -0.270. The highest BCUT2D eigenvalue weighted by Gasteiger charge is 2.37. The van der Waals surface area contributed by atoms with E-state index in [0.29, 0.717) is 39.3 Å². The lowest BCUT2D eigenvalue weighted by Crippen LogP contribution is -2.54. The van der Waals surface area contributed by atoms with Crippen molar-refractivity contribution in [1.82, 2.24) is 24.6 Å². The maximum atomic E-state index is 12.8. The number of aromatic nitrogens is 1. The molecule has 1 atom stereocenters. The van der Waals surface area contributed by atoms with Crippen LogP contribution in [0.2, 0.25) is 0 Å². The molecule has 0 unspecified atom stereocenters. The quantitative estimate of drug-likeness (QED) is 0.775. The number of likely N-dealkylation sites (tertiary alicyclic amines) is 1. The first-order chi connectivity index (χ1) is 12.5. The van der Waals surface area contributed by atoms with Gasteiger partial charge < -0.3 is 19.6 Å². The van der Waals surface area contributed by atoms with Gasteiger partial charge >= 0.3 is 6.03 Å². The number of hydrogen-bond acceptors (Lipinski definition) is 4. The Kier molecular flexibility index (Phi) is 5.39. The van der Waals surface area contributed by atoms with Crippen LogP contribution in [0.25, 0.3) is 0 Å². The molecule has 1 aromatic rings. The Morgan fingerprint density at radius 3 is 2.50 bits per heavy atom. The fourth-order valence-electron chi connectivity index (χ4n) is 3.46. The maximum absolute atomic E-state index is 12.8. The molecule has 3 heterocycles. The molecule has 0 saturated carbocycles. The Labute approximate surface area is 153 Å². The Hall–Kier alpha value is -2.64. The summed E-state index contributed by atoms with van der Waals surface area (Å²) in [4.78, 5) is 47.9. The van der Waals surface area contributed by atoms with Crippen LogP contribution in [0, 0.1) is 5.92 Å². The Bertz CT molecular complexity index is 671. The molecule has 2 fully saturated rings. The molecule has 8 heteroatoms. The van der Waals surface area contributed by atoms with Crippen LogP contribution < -0.4 is 0 Å². The van der Waals surface area contributed by atoms with Gasteiger partial charge in [-0.15, -0.1) is 0 Å². The second kappa shape index (κ2) is 7.72. The second-order valence-corrected chi connectivity index (χ2v) is 7.03.